The molecule has 0 amide bonds. The summed E-state index contributed by atoms with van der Waals surface area (Å²) < 4.78 is 11.8. The molecule has 0 spiro atoms. The van der Waals surface area contributed by atoms with Crippen molar-refractivity contribution in [2.75, 3.05) is 6.67 Å². The molecule has 0 bridgehead atoms. The van der Waals surface area contributed by atoms with Gasteiger partial charge in [0.25, 0.3) is 0 Å². The minimum atomic E-state index is -1.68. The predicted molar refractivity (Wildman–Crippen MR) is 51.7 cm³/mol. The number of aliphatic hydroxyl groups is 2. The molecule has 0 saturated heterocycles. The highest BCUT2D eigenvalue weighted by atomic mass is 19.1. The summed E-state index contributed by atoms with van der Waals surface area (Å²) in [7, 11) is 0. The molecule has 1 atom stereocenters. The van der Waals surface area contributed by atoms with Crippen LogP contribution in [0.4, 0.5) is 4.39 Å². The summed E-state index contributed by atoms with van der Waals surface area (Å²) in [6.45, 7) is -0.584. The van der Waals surface area contributed by atoms with Crippen LogP contribution in [0, 0.1) is 0 Å². The molecule has 0 rings (SSSR count). The Morgan fingerprint density at radius 3 is 2.47 bits per heavy atom. The van der Waals surface area contributed by atoms with E-state index in [0.29, 0.717) is 0 Å². The van der Waals surface area contributed by atoms with Crippen molar-refractivity contribution in [1.29, 1.82) is 0 Å². The quantitative estimate of drug-likeness (QED) is 0.351. The van der Waals surface area contributed by atoms with Crippen molar-refractivity contribution in [3.63, 3.8) is 0 Å². The van der Waals surface area contributed by atoms with Gasteiger partial charge in [0, 0.05) is 5.57 Å². The molecule has 0 aliphatic heterocycles. The van der Waals surface area contributed by atoms with Crippen LogP contribution >= 0.6 is 0 Å². The van der Waals surface area contributed by atoms with Crippen molar-refractivity contribution in [2.24, 2.45) is 5.73 Å². The van der Waals surface area contributed by atoms with E-state index in [0.717, 1.165) is 0 Å². The lowest BCUT2D eigenvalue weighted by Gasteiger charge is -2.11. The molecule has 0 aliphatic carbocycles. The zero-order valence-electron chi connectivity index (χ0n) is 8.27. The Kier molecular flexibility index (Phi) is 6.85. The number of alkyl halides is 1. The van der Waals surface area contributed by atoms with Gasteiger partial charge in [0.2, 0.25) is 0 Å². The Morgan fingerprint density at radius 1 is 1.47 bits per heavy atom. The molecule has 0 fully saturated rings. The molecule has 6 heteroatoms. The van der Waals surface area contributed by atoms with Gasteiger partial charge in [-0.1, -0.05) is 6.08 Å². The van der Waals surface area contributed by atoms with E-state index in [9.17, 15) is 9.18 Å². The zero-order valence-corrected chi connectivity index (χ0v) is 8.27. The van der Waals surface area contributed by atoms with E-state index >= 15 is 0 Å². The Bertz CT molecular complexity index is 230. The van der Waals surface area contributed by atoms with E-state index in [-0.39, 0.29) is 24.8 Å². The van der Waals surface area contributed by atoms with Gasteiger partial charge < -0.3 is 21.1 Å². The minimum absolute atomic E-state index is 0.0333. The second kappa shape index (κ2) is 7.33. The Hall–Kier alpha value is -0.980. The molecule has 0 radical (unpaired) electrons. The number of nitrogens with two attached hydrogens (primary N) is 1. The molecule has 0 aromatic rings. The molecule has 0 saturated carbocycles. The lowest BCUT2D eigenvalue weighted by Crippen LogP contribution is -2.33. The molecule has 5 nitrogen and oxygen atoms in total. The molecular formula is C9H16FNO4. The Balaban J connectivity index is 4.23. The van der Waals surface area contributed by atoms with Gasteiger partial charge in [0.1, 0.15) is 0 Å². The van der Waals surface area contributed by atoms with Crippen LogP contribution < -0.4 is 5.73 Å². The van der Waals surface area contributed by atoms with Gasteiger partial charge in [-0.25, -0.2) is 4.79 Å². The van der Waals surface area contributed by atoms with Crippen molar-refractivity contribution >= 4 is 5.97 Å². The van der Waals surface area contributed by atoms with Crippen LogP contribution in [-0.2, 0) is 4.79 Å². The third-order valence-electron chi connectivity index (χ3n) is 1.87. The molecule has 88 valence electrons. The monoisotopic (exact) mass is 221 g/mol. The molecule has 0 aromatic carbocycles. The standard InChI is InChI=1S/C9H16FNO4/c10-5-1-2-6(8(12)13)3-4-7(11)9(14)15/h3,7,9,14-15H,1-2,4-5,11H2,(H,12,13)/b6-3-/t7-/m0/s1. The minimum Gasteiger partial charge on any atom is -0.478 e. The van der Waals surface area contributed by atoms with Crippen LogP contribution in [0.3, 0.4) is 0 Å². The second-order valence-corrected chi connectivity index (χ2v) is 3.14. The lowest BCUT2D eigenvalue weighted by atomic mass is 10.1. The van der Waals surface area contributed by atoms with Crippen molar-refractivity contribution < 1.29 is 24.5 Å². The number of aliphatic hydroxyl groups excluding tert-OH is 1. The van der Waals surface area contributed by atoms with Crippen molar-refractivity contribution in [2.45, 2.75) is 31.6 Å². The first-order chi connectivity index (χ1) is 6.99. The van der Waals surface area contributed by atoms with Gasteiger partial charge in [-0.05, 0) is 19.3 Å². The average Bonchev–Trinajstić information content (AvgIpc) is 2.16. The van der Waals surface area contributed by atoms with E-state index in [1.54, 1.807) is 0 Å². The molecule has 15 heavy (non-hydrogen) atoms. The average molecular weight is 221 g/mol. The Morgan fingerprint density at radius 2 is 2.07 bits per heavy atom. The fourth-order valence-corrected chi connectivity index (χ4v) is 0.954. The molecular weight excluding hydrogens is 205 g/mol. The van der Waals surface area contributed by atoms with Crippen LogP contribution in [0.1, 0.15) is 19.3 Å². The number of hydrogen-bond acceptors (Lipinski definition) is 4. The van der Waals surface area contributed by atoms with E-state index in [4.69, 9.17) is 21.1 Å². The molecule has 0 aromatic heterocycles. The van der Waals surface area contributed by atoms with Gasteiger partial charge in [0.15, 0.2) is 6.29 Å². The first-order valence-corrected chi connectivity index (χ1v) is 4.59. The maximum atomic E-state index is 11.8. The highest BCUT2D eigenvalue weighted by molar-refractivity contribution is 5.86. The second-order valence-electron chi connectivity index (χ2n) is 3.14. The van der Waals surface area contributed by atoms with Crippen molar-refractivity contribution in [3.8, 4) is 0 Å². The lowest BCUT2D eigenvalue weighted by molar-refractivity contribution is -0.132. The van der Waals surface area contributed by atoms with Crippen LogP contribution in [0.15, 0.2) is 11.6 Å². The summed E-state index contributed by atoms with van der Waals surface area (Å²) >= 11 is 0. The van der Waals surface area contributed by atoms with Crippen LogP contribution in [-0.4, -0.2) is 40.3 Å². The van der Waals surface area contributed by atoms with Gasteiger partial charge in [-0.15, -0.1) is 0 Å². The number of halogens is 1. The summed E-state index contributed by atoms with van der Waals surface area (Å²) in [4.78, 5) is 10.6. The van der Waals surface area contributed by atoms with Gasteiger partial charge >= 0.3 is 5.97 Å². The summed E-state index contributed by atoms with van der Waals surface area (Å²) in [6.07, 6.45) is -0.111. The van der Waals surface area contributed by atoms with Crippen LogP contribution in [0.5, 0.6) is 0 Å². The van der Waals surface area contributed by atoms with Gasteiger partial charge in [-0.3, -0.25) is 4.39 Å². The fraction of sp³-hybridized carbons (Fsp3) is 0.667. The topological polar surface area (TPSA) is 104 Å². The SMILES string of the molecule is N[C@@H](C/C=C(/CCCF)C(=O)O)C(O)O. The number of carboxylic acids is 1. The first-order valence-electron chi connectivity index (χ1n) is 4.59. The van der Waals surface area contributed by atoms with E-state index in [1.807, 2.05) is 0 Å². The summed E-state index contributed by atoms with van der Waals surface area (Å²) in [5.41, 5.74) is 5.33. The molecule has 0 aliphatic rings. The molecule has 0 unspecified atom stereocenters. The smallest absolute Gasteiger partial charge is 0.331 e. The maximum absolute atomic E-state index is 11.8. The summed E-state index contributed by atoms with van der Waals surface area (Å²) in [5.74, 6) is -1.14. The fourth-order valence-electron chi connectivity index (χ4n) is 0.954. The van der Waals surface area contributed by atoms with Crippen molar-refractivity contribution in [1.82, 2.24) is 0 Å². The number of aliphatic carboxylic acids is 1. The molecule has 0 heterocycles. The Labute approximate surface area is 87.0 Å². The van der Waals surface area contributed by atoms with Crippen molar-refractivity contribution in [3.05, 3.63) is 11.6 Å². The first kappa shape index (κ1) is 14.0. The van der Waals surface area contributed by atoms with E-state index in [2.05, 4.69) is 0 Å². The molecule has 5 N–H and O–H groups in total. The van der Waals surface area contributed by atoms with Gasteiger partial charge in [-0.2, -0.15) is 0 Å². The van der Waals surface area contributed by atoms with Crippen LogP contribution in [0.2, 0.25) is 0 Å². The van der Waals surface area contributed by atoms with Gasteiger partial charge in [0.05, 0.1) is 12.7 Å². The number of hydrogen-bond donors (Lipinski definition) is 4. The largest absolute Gasteiger partial charge is 0.478 e. The highest BCUT2D eigenvalue weighted by Crippen LogP contribution is 2.08. The summed E-state index contributed by atoms with van der Waals surface area (Å²) in [5, 5.41) is 26.0. The maximum Gasteiger partial charge on any atom is 0.331 e. The van der Waals surface area contributed by atoms with Crippen LogP contribution in [0.25, 0.3) is 0 Å². The zero-order chi connectivity index (χ0) is 11.8. The number of carboxylic acid groups (broad SMARTS) is 1. The highest BCUT2D eigenvalue weighted by Gasteiger charge is 2.12. The third-order valence-corrected chi connectivity index (χ3v) is 1.87. The number of rotatable bonds is 7. The third kappa shape index (κ3) is 6.16. The van der Waals surface area contributed by atoms with E-state index < -0.39 is 25.0 Å². The predicted octanol–water partition coefficient (Wildman–Crippen LogP) is -0.225. The van der Waals surface area contributed by atoms with E-state index in [1.165, 1.54) is 6.08 Å². The normalized spacial score (nSPS) is 14.3. The number of carbonyl (C=O) groups is 1. The summed E-state index contributed by atoms with van der Waals surface area (Å²) in [6, 6.07) is -0.926.